The number of fused-ring (bicyclic) bond motifs is 1. The minimum Gasteiger partial charge on any atom is -0.345 e. The van der Waals surface area contributed by atoms with E-state index in [0.717, 1.165) is 17.3 Å². The average molecular weight is 433 g/mol. The lowest BCUT2D eigenvalue weighted by molar-refractivity contribution is -0.145. The molecular formula is C21H18F3N3O2S. The van der Waals surface area contributed by atoms with Crippen molar-refractivity contribution in [2.75, 3.05) is 5.75 Å². The molecule has 2 aromatic carbocycles. The highest BCUT2D eigenvalue weighted by atomic mass is 32.2. The van der Waals surface area contributed by atoms with Gasteiger partial charge in [0.05, 0.1) is 17.3 Å². The maximum absolute atomic E-state index is 13.1. The minimum atomic E-state index is -4.70. The molecule has 5 nitrogen and oxygen atoms in total. The van der Waals surface area contributed by atoms with Crippen molar-refractivity contribution in [3.05, 3.63) is 66.0 Å². The molecule has 0 spiro atoms. The average Bonchev–Trinajstić information content (AvgIpc) is 2.71. The lowest BCUT2D eigenvalue weighted by Gasteiger charge is -2.16. The van der Waals surface area contributed by atoms with Crippen LogP contribution in [-0.4, -0.2) is 33.5 Å². The predicted octanol–water partition coefficient (Wildman–Crippen LogP) is 4.06. The van der Waals surface area contributed by atoms with Gasteiger partial charge in [-0.2, -0.15) is 13.2 Å². The third kappa shape index (κ3) is 5.56. The largest absolute Gasteiger partial charge is 0.451 e. The fourth-order valence-electron chi connectivity index (χ4n) is 2.80. The Morgan fingerprint density at radius 2 is 1.70 bits per heavy atom. The number of nitrogens with one attached hydrogen (secondary N) is 1. The molecule has 0 saturated carbocycles. The molecule has 0 aliphatic carbocycles. The van der Waals surface area contributed by atoms with Gasteiger partial charge in [0.25, 0.3) is 0 Å². The highest BCUT2D eigenvalue weighted by molar-refractivity contribution is 8.00. The topological polar surface area (TPSA) is 72.0 Å². The fourth-order valence-corrected chi connectivity index (χ4v) is 3.63. The van der Waals surface area contributed by atoms with E-state index in [1.165, 1.54) is 13.0 Å². The van der Waals surface area contributed by atoms with Crippen LogP contribution >= 0.6 is 11.8 Å². The van der Waals surface area contributed by atoms with Crippen molar-refractivity contribution in [3.8, 4) is 0 Å². The number of hydrogen-bond acceptors (Lipinski definition) is 5. The Bertz CT molecular complexity index is 1060. The van der Waals surface area contributed by atoms with Crippen molar-refractivity contribution >= 4 is 34.4 Å². The molecule has 30 heavy (non-hydrogen) atoms. The van der Waals surface area contributed by atoms with Gasteiger partial charge in [-0.3, -0.25) is 9.59 Å². The van der Waals surface area contributed by atoms with E-state index in [2.05, 4.69) is 15.3 Å². The summed E-state index contributed by atoms with van der Waals surface area (Å²) < 4.78 is 39.3. The third-order valence-electron chi connectivity index (χ3n) is 4.27. The molecule has 0 unspecified atom stereocenters. The summed E-state index contributed by atoms with van der Waals surface area (Å²) in [5, 5.41) is 3.14. The molecule has 0 radical (unpaired) electrons. The number of carbonyl (C=O) groups excluding carboxylic acids is 2. The van der Waals surface area contributed by atoms with Crippen molar-refractivity contribution in [2.45, 2.75) is 30.6 Å². The number of halogens is 3. The molecule has 3 aromatic rings. The second-order valence-electron chi connectivity index (χ2n) is 6.58. The summed E-state index contributed by atoms with van der Waals surface area (Å²) in [6.07, 6.45) is -4.36. The maximum Gasteiger partial charge on any atom is 0.451 e. The Morgan fingerprint density at radius 1 is 1.03 bits per heavy atom. The van der Waals surface area contributed by atoms with Gasteiger partial charge in [0.15, 0.2) is 5.78 Å². The molecule has 9 heteroatoms. The Balaban J connectivity index is 1.73. The molecule has 0 aliphatic heterocycles. The summed E-state index contributed by atoms with van der Waals surface area (Å²) in [4.78, 5) is 31.5. The standard InChI is InChI=1S/C21H18F3N3O2S/c1-13(28)17(11-14-7-3-2-4-8-14)25-18(29)12-30-19-15-9-5-6-10-16(15)26-20(27-19)21(22,23)24/h2-10,17H,11-12H2,1H3,(H,25,29)/t17-/m1/s1. The van der Waals surface area contributed by atoms with Gasteiger partial charge >= 0.3 is 6.18 Å². The molecule has 1 heterocycles. The van der Waals surface area contributed by atoms with E-state index < -0.39 is 23.9 Å². The van der Waals surface area contributed by atoms with Crippen LogP contribution in [0.5, 0.6) is 0 Å². The van der Waals surface area contributed by atoms with Crippen LogP contribution in [0, 0.1) is 0 Å². The van der Waals surface area contributed by atoms with Gasteiger partial charge in [-0.15, -0.1) is 0 Å². The Kier molecular flexibility index (Phi) is 6.71. The van der Waals surface area contributed by atoms with Crippen molar-refractivity contribution in [3.63, 3.8) is 0 Å². The van der Waals surface area contributed by atoms with E-state index in [4.69, 9.17) is 0 Å². The SMILES string of the molecule is CC(=O)[C@@H](Cc1ccccc1)NC(=O)CSc1nc(C(F)(F)F)nc2ccccc12. The van der Waals surface area contributed by atoms with E-state index in [0.29, 0.717) is 11.8 Å². The number of amides is 1. The molecule has 156 valence electrons. The number of nitrogens with zero attached hydrogens (tertiary/aromatic N) is 2. The highest BCUT2D eigenvalue weighted by Gasteiger charge is 2.35. The molecule has 1 atom stereocenters. The van der Waals surface area contributed by atoms with Gasteiger partial charge in [0.2, 0.25) is 11.7 Å². The highest BCUT2D eigenvalue weighted by Crippen LogP contribution is 2.31. The monoisotopic (exact) mass is 433 g/mol. The first-order valence-electron chi connectivity index (χ1n) is 9.04. The minimum absolute atomic E-state index is 0.0607. The number of thioether (sulfide) groups is 1. The zero-order valence-electron chi connectivity index (χ0n) is 15.9. The van der Waals surface area contributed by atoms with E-state index >= 15 is 0 Å². The van der Waals surface area contributed by atoms with Crippen molar-refractivity contribution in [1.29, 1.82) is 0 Å². The summed E-state index contributed by atoms with van der Waals surface area (Å²) in [5.41, 5.74) is 1.04. The Hall–Kier alpha value is -2.94. The summed E-state index contributed by atoms with van der Waals surface area (Å²) in [6, 6.07) is 14.8. The molecule has 1 aromatic heterocycles. The van der Waals surface area contributed by atoms with Gasteiger partial charge in [-0.1, -0.05) is 60.3 Å². The molecular weight excluding hydrogens is 415 g/mol. The molecule has 0 fully saturated rings. The van der Waals surface area contributed by atoms with Crippen LogP contribution < -0.4 is 5.32 Å². The summed E-state index contributed by atoms with van der Waals surface area (Å²) in [5.74, 6) is -2.11. The van der Waals surface area contributed by atoms with Crippen LogP contribution in [-0.2, 0) is 22.2 Å². The van der Waals surface area contributed by atoms with Crippen LogP contribution in [0.15, 0.2) is 59.6 Å². The smallest absolute Gasteiger partial charge is 0.345 e. The van der Waals surface area contributed by atoms with E-state index in [-0.39, 0.29) is 22.1 Å². The third-order valence-corrected chi connectivity index (χ3v) is 5.26. The van der Waals surface area contributed by atoms with Crippen LogP contribution in [0.4, 0.5) is 13.2 Å². The number of carbonyl (C=O) groups is 2. The van der Waals surface area contributed by atoms with Crippen LogP contribution in [0.25, 0.3) is 10.9 Å². The molecule has 3 rings (SSSR count). The van der Waals surface area contributed by atoms with Crippen molar-refractivity contribution in [2.24, 2.45) is 0 Å². The zero-order valence-corrected chi connectivity index (χ0v) is 16.8. The second kappa shape index (κ2) is 9.25. The van der Waals surface area contributed by atoms with Crippen molar-refractivity contribution < 1.29 is 22.8 Å². The first-order chi connectivity index (χ1) is 14.2. The van der Waals surface area contributed by atoms with Gasteiger partial charge < -0.3 is 5.32 Å². The summed E-state index contributed by atoms with van der Waals surface area (Å²) in [6.45, 7) is 1.38. The number of benzene rings is 2. The summed E-state index contributed by atoms with van der Waals surface area (Å²) in [7, 11) is 0. The van der Waals surface area contributed by atoms with E-state index in [9.17, 15) is 22.8 Å². The van der Waals surface area contributed by atoms with Crippen LogP contribution in [0.3, 0.4) is 0 Å². The number of Topliss-reactive ketones (excluding diaryl/α,β-unsaturated/α-hetero) is 1. The van der Waals surface area contributed by atoms with Gasteiger partial charge in [0.1, 0.15) is 5.03 Å². The number of ketones is 1. The molecule has 1 amide bonds. The molecule has 0 saturated heterocycles. The van der Waals surface area contributed by atoms with Gasteiger partial charge in [-0.05, 0) is 25.0 Å². The van der Waals surface area contributed by atoms with E-state index in [1.807, 2.05) is 30.3 Å². The predicted molar refractivity (Wildman–Crippen MR) is 108 cm³/mol. The molecule has 1 N–H and O–H groups in total. The first-order valence-corrected chi connectivity index (χ1v) is 10.0. The lowest BCUT2D eigenvalue weighted by atomic mass is 10.0. The number of para-hydroxylation sites is 1. The van der Waals surface area contributed by atoms with Crippen LogP contribution in [0.1, 0.15) is 18.3 Å². The lowest BCUT2D eigenvalue weighted by Crippen LogP contribution is -2.42. The molecule has 0 bridgehead atoms. The van der Waals surface area contributed by atoms with Crippen molar-refractivity contribution in [1.82, 2.24) is 15.3 Å². The van der Waals surface area contributed by atoms with Gasteiger partial charge in [0, 0.05) is 5.39 Å². The number of aromatic nitrogens is 2. The quantitative estimate of drug-likeness (QED) is 0.450. The fraction of sp³-hybridized carbons (Fsp3) is 0.238. The Morgan fingerprint density at radius 3 is 2.37 bits per heavy atom. The molecule has 0 aliphatic rings. The number of hydrogen-bond donors (Lipinski definition) is 1. The first kappa shape index (κ1) is 21.8. The zero-order chi connectivity index (χ0) is 21.7. The van der Waals surface area contributed by atoms with E-state index in [1.54, 1.807) is 18.2 Å². The second-order valence-corrected chi connectivity index (χ2v) is 7.54. The number of rotatable bonds is 7. The normalized spacial score (nSPS) is 12.5. The van der Waals surface area contributed by atoms with Crippen LogP contribution in [0.2, 0.25) is 0 Å². The Labute approximate surface area is 175 Å². The maximum atomic E-state index is 13.1. The summed E-state index contributed by atoms with van der Waals surface area (Å²) >= 11 is 0.874. The number of alkyl halides is 3. The van der Waals surface area contributed by atoms with Gasteiger partial charge in [-0.25, -0.2) is 9.97 Å².